The predicted molar refractivity (Wildman–Crippen MR) is 115 cm³/mol. The molecule has 0 aliphatic carbocycles. The summed E-state index contributed by atoms with van der Waals surface area (Å²) in [6.07, 6.45) is 0.837. The molecule has 0 spiro atoms. The number of aliphatic hydroxyl groups is 1. The van der Waals surface area contributed by atoms with E-state index in [1.165, 1.54) is 21.3 Å². The molecule has 0 bridgehead atoms. The lowest BCUT2D eigenvalue weighted by atomic mass is 10.0. The fourth-order valence-electron chi connectivity index (χ4n) is 3.13. The molecule has 0 unspecified atom stereocenters. The quantitative estimate of drug-likeness (QED) is 0.554. The van der Waals surface area contributed by atoms with Crippen LogP contribution in [-0.2, 0) is 6.42 Å². The van der Waals surface area contributed by atoms with Gasteiger partial charge in [-0.25, -0.2) is 0 Å². The van der Waals surface area contributed by atoms with Crippen molar-refractivity contribution in [3.05, 3.63) is 48.0 Å². The Labute approximate surface area is 177 Å². The summed E-state index contributed by atoms with van der Waals surface area (Å²) in [4.78, 5) is 0. The first-order chi connectivity index (χ1) is 14.4. The summed E-state index contributed by atoms with van der Waals surface area (Å²) in [6, 6.07) is 7.09. The largest absolute Gasteiger partial charge is 0.493 e. The van der Waals surface area contributed by atoms with Crippen LogP contribution in [0, 0.1) is 0 Å². The van der Waals surface area contributed by atoms with Crippen molar-refractivity contribution < 1.29 is 33.5 Å². The minimum atomic E-state index is -0.985. The van der Waals surface area contributed by atoms with Gasteiger partial charge in [0.25, 0.3) is 0 Å². The first kappa shape index (κ1) is 23.2. The normalized spacial score (nSPS) is 12.5. The molecular weight excluding hydrogens is 388 g/mol. The molecule has 0 heterocycles. The third-order valence-electron chi connectivity index (χ3n) is 4.68. The number of hydrogen-bond donors (Lipinski definition) is 1. The molecule has 0 radical (unpaired) electrons. The van der Waals surface area contributed by atoms with Gasteiger partial charge in [-0.1, -0.05) is 6.08 Å². The van der Waals surface area contributed by atoms with Crippen molar-refractivity contribution in [3.8, 4) is 34.5 Å². The van der Waals surface area contributed by atoms with Crippen molar-refractivity contribution in [1.29, 1.82) is 0 Å². The van der Waals surface area contributed by atoms with Crippen LogP contribution in [0.5, 0.6) is 34.5 Å². The molecule has 7 nitrogen and oxygen atoms in total. The second-order valence-corrected chi connectivity index (χ2v) is 6.55. The van der Waals surface area contributed by atoms with E-state index in [1.807, 2.05) is 12.1 Å². The fraction of sp³-hybridized carbons (Fsp3) is 0.391. The zero-order valence-corrected chi connectivity index (χ0v) is 18.4. The van der Waals surface area contributed by atoms with Crippen LogP contribution < -0.4 is 28.4 Å². The van der Waals surface area contributed by atoms with E-state index < -0.39 is 12.2 Å². The van der Waals surface area contributed by atoms with E-state index in [-0.39, 0.29) is 0 Å². The van der Waals surface area contributed by atoms with Gasteiger partial charge in [0.05, 0.1) is 35.5 Å². The van der Waals surface area contributed by atoms with E-state index in [1.54, 1.807) is 39.4 Å². The number of benzene rings is 2. The highest BCUT2D eigenvalue weighted by Crippen LogP contribution is 2.43. The van der Waals surface area contributed by atoms with Gasteiger partial charge in [-0.2, -0.15) is 0 Å². The highest BCUT2D eigenvalue weighted by atomic mass is 16.6. The second-order valence-electron chi connectivity index (χ2n) is 6.55. The topological polar surface area (TPSA) is 75.6 Å². The van der Waals surface area contributed by atoms with Crippen LogP contribution in [0.1, 0.15) is 24.2 Å². The van der Waals surface area contributed by atoms with Gasteiger partial charge >= 0.3 is 0 Å². The average Bonchev–Trinajstić information content (AvgIpc) is 2.77. The summed E-state index contributed by atoms with van der Waals surface area (Å²) in [5.41, 5.74) is 1.53. The van der Waals surface area contributed by atoms with Gasteiger partial charge in [-0.05, 0) is 48.7 Å². The minimum absolute atomic E-state index is 0.409. The Morgan fingerprint density at radius 2 is 1.27 bits per heavy atom. The van der Waals surface area contributed by atoms with Crippen LogP contribution in [0.4, 0.5) is 0 Å². The van der Waals surface area contributed by atoms with Crippen molar-refractivity contribution in [2.45, 2.75) is 25.6 Å². The monoisotopic (exact) mass is 418 g/mol. The summed E-state index contributed by atoms with van der Waals surface area (Å²) in [5.74, 6) is 2.77. The Morgan fingerprint density at radius 3 is 1.67 bits per heavy atom. The summed E-state index contributed by atoms with van der Waals surface area (Å²) in [7, 11) is 7.68. The number of aliphatic hydroxyl groups excluding tert-OH is 1. The molecule has 2 aromatic carbocycles. The molecule has 0 aromatic heterocycles. The minimum Gasteiger partial charge on any atom is -0.493 e. The van der Waals surface area contributed by atoms with Crippen molar-refractivity contribution in [3.63, 3.8) is 0 Å². The van der Waals surface area contributed by atoms with E-state index in [0.717, 1.165) is 5.56 Å². The zero-order chi connectivity index (χ0) is 22.3. The molecule has 0 fully saturated rings. The van der Waals surface area contributed by atoms with Crippen LogP contribution in [-0.4, -0.2) is 46.8 Å². The molecule has 0 aliphatic rings. The molecule has 0 saturated heterocycles. The molecule has 2 aromatic rings. The molecule has 0 saturated carbocycles. The second kappa shape index (κ2) is 10.6. The van der Waals surface area contributed by atoms with Crippen LogP contribution >= 0.6 is 0 Å². The Hall–Kier alpha value is -3.06. The first-order valence-corrected chi connectivity index (χ1v) is 9.44. The number of rotatable bonds is 11. The maximum absolute atomic E-state index is 10.9. The molecule has 2 atom stereocenters. The lowest BCUT2D eigenvalue weighted by Crippen LogP contribution is -2.22. The Balaban J connectivity index is 2.38. The van der Waals surface area contributed by atoms with Gasteiger partial charge in [0, 0.05) is 0 Å². The predicted octanol–water partition coefficient (Wildman–Crippen LogP) is 3.96. The van der Waals surface area contributed by atoms with Crippen LogP contribution in [0.2, 0.25) is 0 Å². The third kappa shape index (κ3) is 4.91. The van der Waals surface area contributed by atoms with Crippen LogP contribution in [0.15, 0.2) is 36.9 Å². The van der Waals surface area contributed by atoms with E-state index >= 15 is 0 Å². The van der Waals surface area contributed by atoms with Crippen molar-refractivity contribution in [2.24, 2.45) is 0 Å². The molecule has 7 heteroatoms. The number of methoxy groups -OCH3 is 5. The van der Waals surface area contributed by atoms with Gasteiger partial charge in [0.2, 0.25) is 11.5 Å². The first-order valence-electron chi connectivity index (χ1n) is 9.44. The average molecular weight is 418 g/mol. The third-order valence-corrected chi connectivity index (χ3v) is 4.68. The summed E-state index contributed by atoms with van der Waals surface area (Å²) in [6.45, 7) is 5.51. The van der Waals surface area contributed by atoms with Gasteiger partial charge in [0.1, 0.15) is 12.2 Å². The highest BCUT2D eigenvalue weighted by Gasteiger charge is 2.25. The van der Waals surface area contributed by atoms with E-state index in [2.05, 4.69) is 6.58 Å². The van der Waals surface area contributed by atoms with Gasteiger partial charge in [0.15, 0.2) is 23.0 Å². The standard InChI is InChI=1S/C23H30O7/c1-8-9-15-10-17(25-3)23(18(11-15)26-4)30-14(2)21(24)16-12-19(27-5)22(29-7)20(13-16)28-6/h8,10-14,21,24H,1,9H2,2-7H3/t14-,21+/m1/s1. The van der Waals surface area contributed by atoms with Gasteiger partial charge < -0.3 is 33.5 Å². The van der Waals surface area contributed by atoms with Crippen molar-refractivity contribution in [1.82, 2.24) is 0 Å². The highest BCUT2D eigenvalue weighted by molar-refractivity contribution is 5.55. The molecule has 164 valence electrons. The lowest BCUT2D eigenvalue weighted by molar-refractivity contribution is 0.0431. The molecule has 1 N–H and O–H groups in total. The lowest BCUT2D eigenvalue weighted by Gasteiger charge is -2.24. The SMILES string of the molecule is C=CCc1cc(OC)c(O[C@H](C)[C@H](O)c2cc(OC)c(OC)c(OC)c2)c(OC)c1. The maximum atomic E-state index is 10.9. The Bertz CT molecular complexity index is 813. The van der Waals surface area contributed by atoms with Gasteiger partial charge in [-0.15, -0.1) is 6.58 Å². The fourth-order valence-corrected chi connectivity index (χ4v) is 3.13. The molecule has 0 aliphatic heterocycles. The van der Waals surface area contributed by atoms with Crippen LogP contribution in [0.3, 0.4) is 0 Å². The number of hydrogen-bond acceptors (Lipinski definition) is 7. The number of allylic oxidation sites excluding steroid dienone is 1. The van der Waals surface area contributed by atoms with E-state index in [4.69, 9.17) is 28.4 Å². The summed E-state index contributed by atoms with van der Waals surface area (Å²) < 4.78 is 33.1. The Morgan fingerprint density at radius 1 is 0.800 bits per heavy atom. The number of ether oxygens (including phenoxy) is 6. The summed E-state index contributed by atoms with van der Waals surface area (Å²) >= 11 is 0. The maximum Gasteiger partial charge on any atom is 0.203 e. The molecule has 30 heavy (non-hydrogen) atoms. The van der Waals surface area contributed by atoms with E-state index in [9.17, 15) is 5.11 Å². The van der Waals surface area contributed by atoms with Gasteiger partial charge in [-0.3, -0.25) is 0 Å². The Kier molecular flexibility index (Phi) is 8.24. The zero-order valence-electron chi connectivity index (χ0n) is 18.4. The van der Waals surface area contributed by atoms with Crippen LogP contribution in [0.25, 0.3) is 0 Å². The molecule has 0 amide bonds. The van der Waals surface area contributed by atoms with E-state index in [0.29, 0.717) is 46.5 Å². The molecular formula is C23H30O7. The summed E-state index contributed by atoms with van der Waals surface area (Å²) in [5, 5.41) is 10.9. The van der Waals surface area contributed by atoms with Crippen molar-refractivity contribution >= 4 is 0 Å². The smallest absolute Gasteiger partial charge is 0.203 e. The van der Waals surface area contributed by atoms with Crippen molar-refractivity contribution in [2.75, 3.05) is 35.5 Å². The molecule has 2 rings (SSSR count).